The first-order valence-corrected chi connectivity index (χ1v) is 7.05. The Morgan fingerprint density at radius 1 is 1.38 bits per heavy atom. The Balaban J connectivity index is 1.83. The molecule has 0 saturated heterocycles. The number of ether oxygens (including phenoxy) is 2. The van der Waals surface area contributed by atoms with Gasteiger partial charge in [0, 0.05) is 12.0 Å². The molecule has 0 unspecified atom stereocenters. The van der Waals surface area contributed by atoms with Crippen molar-refractivity contribution in [2.24, 2.45) is 0 Å². The smallest absolute Gasteiger partial charge is 0.407 e. The summed E-state index contributed by atoms with van der Waals surface area (Å²) in [5, 5.41) is 2.89. The first-order chi connectivity index (χ1) is 9.89. The number of rotatable bonds is 4. The van der Waals surface area contributed by atoms with Crippen LogP contribution in [0, 0.1) is 12.3 Å². The van der Waals surface area contributed by atoms with Crippen LogP contribution in [0.5, 0.6) is 5.75 Å². The van der Waals surface area contributed by atoms with E-state index >= 15 is 0 Å². The van der Waals surface area contributed by atoms with Crippen LogP contribution in [0.1, 0.15) is 38.7 Å². The van der Waals surface area contributed by atoms with E-state index in [1.165, 1.54) is 5.56 Å². The molecule has 2 rings (SSSR count). The molecule has 0 spiro atoms. The van der Waals surface area contributed by atoms with Gasteiger partial charge in [0.25, 0.3) is 0 Å². The molecule has 4 nitrogen and oxygen atoms in total. The van der Waals surface area contributed by atoms with Gasteiger partial charge in [0.1, 0.15) is 18.0 Å². The molecule has 1 aliphatic carbocycles. The maximum absolute atomic E-state index is 11.7. The van der Waals surface area contributed by atoms with Crippen molar-refractivity contribution in [3.8, 4) is 18.1 Å². The van der Waals surface area contributed by atoms with Crippen molar-refractivity contribution >= 4 is 6.09 Å². The molecule has 1 saturated carbocycles. The van der Waals surface area contributed by atoms with Crippen molar-refractivity contribution in [2.45, 2.75) is 44.8 Å². The van der Waals surface area contributed by atoms with E-state index in [0.29, 0.717) is 5.92 Å². The lowest BCUT2D eigenvalue weighted by Crippen LogP contribution is -2.34. The summed E-state index contributed by atoms with van der Waals surface area (Å²) in [5.74, 6) is 3.53. The van der Waals surface area contributed by atoms with Gasteiger partial charge in [0.15, 0.2) is 0 Å². The second kappa shape index (κ2) is 6.09. The molecule has 2 atom stereocenters. The van der Waals surface area contributed by atoms with Gasteiger partial charge in [-0.15, -0.1) is 6.42 Å². The van der Waals surface area contributed by atoms with Crippen LogP contribution < -0.4 is 10.1 Å². The van der Waals surface area contributed by atoms with Gasteiger partial charge in [-0.25, -0.2) is 4.79 Å². The summed E-state index contributed by atoms with van der Waals surface area (Å²) in [6.07, 6.45) is 5.72. The molecular weight excluding hydrogens is 266 g/mol. The zero-order valence-corrected chi connectivity index (χ0v) is 12.7. The highest BCUT2D eigenvalue weighted by Crippen LogP contribution is 2.41. The minimum absolute atomic E-state index is 0.150. The molecule has 21 heavy (non-hydrogen) atoms. The van der Waals surface area contributed by atoms with E-state index in [2.05, 4.69) is 11.2 Å². The SMILES string of the molecule is C#CCOc1ccc([C@@H]2C[C@H]2NC(=O)OC(C)(C)C)cc1. The number of nitrogens with one attached hydrogen (secondary N) is 1. The standard InChI is InChI=1S/C17H21NO3/c1-5-10-20-13-8-6-12(7-9-13)14-11-15(14)18-16(19)21-17(2,3)4/h1,6-9,14-15H,10-11H2,2-4H3,(H,18,19)/t14-,15+/m0/s1. The van der Waals surface area contributed by atoms with E-state index in [4.69, 9.17) is 15.9 Å². The molecule has 0 bridgehead atoms. The van der Waals surface area contributed by atoms with E-state index < -0.39 is 5.60 Å². The summed E-state index contributed by atoms with van der Waals surface area (Å²) in [6, 6.07) is 7.96. The maximum Gasteiger partial charge on any atom is 0.407 e. The molecule has 1 N–H and O–H groups in total. The molecule has 112 valence electrons. The molecule has 4 heteroatoms. The number of carbonyl (C=O) groups is 1. The first-order valence-electron chi connectivity index (χ1n) is 7.05. The maximum atomic E-state index is 11.7. The Hall–Kier alpha value is -2.15. The van der Waals surface area contributed by atoms with Gasteiger partial charge in [-0.05, 0) is 44.9 Å². The third kappa shape index (κ3) is 4.71. The number of amides is 1. The molecule has 1 fully saturated rings. The highest BCUT2D eigenvalue weighted by Gasteiger charge is 2.40. The van der Waals surface area contributed by atoms with Gasteiger partial charge in [-0.1, -0.05) is 18.1 Å². The summed E-state index contributed by atoms with van der Waals surface area (Å²) in [7, 11) is 0. The highest BCUT2D eigenvalue weighted by molar-refractivity contribution is 5.69. The third-order valence-electron chi connectivity index (χ3n) is 3.12. The van der Waals surface area contributed by atoms with Crippen molar-refractivity contribution in [3.63, 3.8) is 0 Å². The summed E-state index contributed by atoms with van der Waals surface area (Å²) in [6.45, 7) is 5.83. The number of benzene rings is 1. The minimum Gasteiger partial charge on any atom is -0.481 e. The van der Waals surface area contributed by atoms with E-state index in [-0.39, 0.29) is 18.7 Å². The second-order valence-electron chi connectivity index (χ2n) is 6.16. The molecular formula is C17H21NO3. The number of hydrogen-bond donors (Lipinski definition) is 1. The predicted octanol–water partition coefficient (Wildman–Crippen LogP) is 3.08. The van der Waals surface area contributed by atoms with Crippen LogP contribution in [0.3, 0.4) is 0 Å². The Kier molecular flexibility index (Phi) is 4.42. The van der Waals surface area contributed by atoms with E-state index in [0.717, 1.165) is 12.2 Å². The Morgan fingerprint density at radius 2 is 2.05 bits per heavy atom. The van der Waals surface area contributed by atoms with Gasteiger partial charge >= 0.3 is 6.09 Å². The zero-order chi connectivity index (χ0) is 15.5. The van der Waals surface area contributed by atoms with Crippen LogP contribution in [0.2, 0.25) is 0 Å². The fraction of sp³-hybridized carbons (Fsp3) is 0.471. The summed E-state index contributed by atoms with van der Waals surface area (Å²) in [4.78, 5) is 11.7. The van der Waals surface area contributed by atoms with Crippen LogP contribution in [-0.2, 0) is 4.74 Å². The van der Waals surface area contributed by atoms with Crippen LogP contribution >= 0.6 is 0 Å². The Bertz CT molecular complexity index is 537. The average Bonchev–Trinajstić information content (AvgIpc) is 3.13. The predicted molar refractivity (Wildman–Crippen MR) is 81.3 cm³/mol. The largest absolute Gasteiger partial charge is 0.481 e. The minimum atomic E-state index is -0.468. The van der Waals surface area contributed by atoms with Crippen LogP contribution in [-0.4, -0.2) is 24.3 Å². The lowest BCUT2D eigenvalue weighted by Gasteiger charge is -2.19. The zero-order valence-electron chi connectivity index (χ0n) is 12.7. The third-order valence-corrected chi connectivity index (χ3v) is 3.12. The summed E-state index contributed by atoms with van der Waals surface area (Å²) in [5.41, 5.74) is 0.717. The number of carbonyl (C=O) groups excluding carboxylic acids is 1. The van der Waals surface area contributed by atoms with Gasteiger partial charge in [0.2, 0.25) is 0 Å². The molecule has 1 aromatic carbocycles. The van der Waals surface area contributed by atoms with Crippen LogP contribution in [0.25, 0.3) is 0 Å². The van der Waals surface area contributed by atoms with Gasteiger partial charge in [-0.2, -0.15) is 0 Å². The monoisotopic (exact) mass is 287 g/mol. The van der Waals surface area contributed by atoms with Crippen LogP contribution in [0.15, 0.2) is 24.3 Å². The molecule has 0 radical (unpaired) electrons. The fourth-order valence-electron chi connectivity index (χ4n) is 2.12. The highest BCUT2D eigenvalue weighted by atomic mass is 16.6. The van der Waals surface area contributed by atoms with Crippen molar-refractivity contribution in [1.29, 1.82) is 0 Å². The summed E-state index contributed by atoms with van der Waals surface area (Å²) < 4.78 is 10.6. The number of hydrogen-bond acceptors (Lipinski definition) is 3. The lowest BCUT2D eigenvalue weighted by atomic mass is 10.1. The molecule has 0 aromatic heterocycles. The van der Waals surface area contributed by atoms with E-state index in [1.54, 1.807) is 0 Å². The van der Waals surface area contributed by atoms with Gasteiger partial charge in [0.05, 0.1) is 0 Å². The van der Waals surface area contributed by atoms with Gasteiger partial charge < -0.3 is 14.8 Å². The molecule has 1 aliphatic rings. The number of terminal acetylenes is 1. The van der Waals surface area contributed by atoms with Crippen molar-refractivity contribution in [3.05, 3.63) is 29.8 Å². The molecule has 0 aliphatic heterocycles. The molecule has 0 heterocycles. The number of alkyl carbamates (subject to hydrolysis) is 1. The van der Waals surface area contributed by atoms with Gasteiger partial charge in [-0.3, -0.25) is 0 Å². The second-order valence-corrected chi connectivity index (χ2v) is 6.16. The Morgan fingerprint density at radius 3 is 2.62 bits per heavy atom. The van der Waals surface area contributed by atoms with Crippen molar-refractivity contribution < 1.29 is 14.3 Å². The van der Waals surface area contributed by atoms with E-state index in [1.807, 2.05) is 45.0 Å². The normalized spacial score (nSPS) is 20.3. The summed E-state index contributed by atoms with van der Waals surface area (Å²) >= 11 is 0. The lowest BCUT2D eigenvalue weighted by molar-refractivity contribution is 0.0523. The molecule has 1 amide bonds. The quantitative estimate of drug-likeness (QED) is 0.866. The van der Waals surface area contributed by atoms with Crippen molar-refractivity contribution in [1.82, 2.24) is 5.32 Å². The topological polar surface area (TPSA) is 47.6 Å². The Labute approximate surface area is 125 Å². The average molecular weight is 287 g/mol. The molecule has 1 aromatic rings. The van der Waals surface area contributed by atoms with Crippen LogP contribution in [0.4, 0.5) is 4.79 Å². The van der Waals surface area contributed by atoms with E-state index in [9.17, 15) is 4.79 Å². The van der Waals surface area contributed by atoms with Crippen molar-refractivity contribution in [2.75, 3.05) is 6.61 Å². The fourth-order valence-corrected chi connectivity index (χ4v) is 2.12. The first kappa shape index (κ1) is 15.2.